The van der Waals surface area contributed by atoms with E-state index in [1.54, 1.807) is 36.4 Å². The third kappa shape index (κ3) is 4.13. The minimum Gasteiger partial charge on any atom is -0.325 e. The monoisotopic (exact) mass is 416 g/mol. The zero-order valence-corrected chi connectivity index (χ0v) is 16.7. The van der Waals surface area contributed by atoms with E-state index in [9.17, 15) is 22.8 Å². The molecule has 3 aromatic rings. The molecule has 1 aromatic heterocycles. The standard InChI is InChI=1S/C19H20N4O5S/c1-22(2)29(27,28)16-10-6-5-9-15(16)20-17(24)11-12-23-19(26)14-8-4-3-7-13(14)18(25)21-23/h3-10H,11-12H2,1-2H3,(H,20,24)(H,21,25). The summed E-state index contributed by atoms with van der Waals surface area (Å²) in [5.41, 5.74) is -0.697. The van der Waals surface area contributed by atoms with Crippen LogP contribution in [0.3, 0.4) is 0 Å². The number of hydrogen-bond donors (Lipinski definition) is 2. The van der Waals surface area contributed by atoms with Crippen LogP contribution in [0.5, 0.6) is 0 Å². The van der Waals surface area contributed by atoms with Crippen LogP contribution in [0.2, 0.25) is 0 Å². The van der Waals surface area contributed by atoms with Crippen LogP contribution in [0.4, 0.5) is 5.69 Å². The van der Waals surface area contributed by atoms with E-state index < -0.39 is 27.0 Å². The summed E-state index contributed by atoms with van der Waals surface area (Å²) < 4.78 is 26.9. The number of rotatable bonds is 6. The largest absolute Gasteiger partial charge is 0.325 e. The Balaban J connectivity index is 1.81. The number of nitrogens with one attached hydrogen (secondary N) is 2. The first-order valence-corrected chi connectivity index (χ1v) is 10.2. The summed E-state index contributed by atoms with van der Waals surface area (Å²) in [5.74, 6) is -0.493. The van der Waals surface area contributed by atoms with Gasteiger partial charge in [0.2, 0.25) is 15.9 Å². The van der Waals surface area contributed by atoms with Crippen molar-refractivity contribution < 1.29 is 13.2 Å². The lowest BCUT2D eigenvalue weighted by molar-refractivity contribution is -0.116. The highest BCUT2D eigenvalue weighted by molar-refractivity contribution is 7.89. The molecule has 1 amide bonds. The van der Waals surface area contributed by atoms with Crippen molar-refractivity contribution in [3.05, 3.63) is 69.2 Å². The van der Waals surface area contributed by atoms with Gasteiger partial charge in [0.1, 0.15) is 4.90 Å². The molecule has 0 atom stereocenters. The lowest BCUT2D eigenvalue weighted by Crippen LogP contribution is -2.31. The zero-order valence-electron chi connectivity index (χ0n) is 15.9. The van der Waals surface area contributed by atoms with Gasteiger partial charge < -0.3 is 5.32 Å². The molecular weight excluding hydrogens is 396 g/mol. The van der Waals surface area contributed by atoms with E-state index in [4.69, 9.17) is 0 Å². The molecule has 0 saturated heterocycles. The average molecular weight is 416 g/mol. The van der Waals surface area contributed by atoms with Crippen LogP contribution in [0, 0.1) is 0 Å². The van der Waals surface area contributed by atoms with E-state index in [1.807, 2.05) is 0 Å². The molecule has 0 aliphatic heterocycles. The predicted octanol–water partition coefficient (Wildman–Crippen LogP) is 0.969. The number of nitrogens with zero attached hydrogens (tertiary/aromatic N) is 2. The van der Waals surface area contributed by atoms with Crippen molar-refractivity contribution >= 4 is 32.4 Å². The number of para-hydroxylation sites is 1. The Hall–Kier alpha value is -3.24. The third-order valence-corrected chi connectivity index (χ3v) is 6.24. The van der Waals surface area contributed by atoms with Crippen LogP contribution in [-0.4, -0.2) is 42.5 Å². The second-order valence-electron chi connectivity index (χ2n) is 6.53. The second kappa shape index (κ2) is 8.02. The number of sulfonamides is 1. The molecule has 3 rings (SSSR count). The molecule has 0 unspecified atom stereocenters. The predicted molar refractivity (Wildman–Crippen MR) is 109 cm³/mol. The molecule has 0 spiro atoms. The van der Waals surface area contributed by atoms with Crippen LogP contribution in [0.1, 0.15) is 6.42 Å². The molecule has 0 aliphatic rings. The Morgan fingerprint density at radius 3 is 2.34 bits per heavy atom. The minimum atomic E-state index is -3.74. The first kappa shape index (κ1) is 20.5. The maximum atomic E-state index is 12.5. The number of aryl methyl sites for hydroxylation is 1. The summed E-state index contributed by atoms with van der Waals surface area (Å²) in [5, 5.41) is 5.56. The molecule has 10 heteroatoms. The normalized spacial score (nSPS) is 11.7. The summed E-state index contributed by atoms with van der Waals surface area (Å²) >= 11 is 0. The fraction of sp³-hybridized carbons (Fsp3) is 0.211. The van der Waals surface area contributed by atoms with E-state index in [0.717, 1.165) is 8.99 Å². The number of aromatic nitrogens is 2. The lowest BCUT2D eigenvalue weighted by Gasteiger charge is -2.15. The summed E-state index contributed by atoms with van der Waals surface area (Å²) in [6.07, 6.45) is -0.134. The molecule has 2 aromatic carbocycles. The number of fused-ring (bicyclic) bond motifs is 1. The summed E-state index contributed by atoms with van der Waals surface area (Å²) in [6.45, 7) is -0.0622. The summed E-state index contributed by atoms with van der Waals surface area (Å²) in [7, 11) is -0.943. The summed E-state index contributed by atoms with van der Waals surface area (Å²) in [4.78, 5) is 36.9. The molecule has 0 aliphatic carbocycles. The Morgan fingerprint density at radius 2 is 1.66 bits per heavy atom. The quantitative estimate of drug-likeness (QED) is 0.620. The van der Waals surface area contributed by atoms with Crippen molar-refractivity contribution in [2.75, 3.05) is 19.4 Å². The average Bonchev–Trinajstić information content (AvgIpc) is 2.70. The molecule has 29 heavy (non-hydrogen) atoms. The Bertz CT molecular complexity index is 1290. The van der Waals surface area contributed by atoms with Gasteiger partial charge in [-0.15, -0.1) is 0 Å². The molecule has 152 valence electrons. The molecule has 0 bridgehead atoms. The van der Waals surface area contributed by atoms with Crippen molar-refractivity contribution in [2.45, 2.75) is 17.9 Å². The lowest BCUT2D eigenvalue weighted by atomic mass is 10.2. The SMILES string of the molecule is CN(C)S(=O)(=O)c1ccccc1NC(=O)CCn1[nH]c(=O)c2ccccc2c1=O. The van der Waals surface area contributed by atoms with Crippen LogP contribution in [-0.2, 0) is 21.4 Å². The van der Waals surface area contributed by atoms with E-state index in [2.05, 4.69) is 10.4 Å². The van der Waals surface area contributed by atoms with Crippen LogP contribution >= 0.6 is 0 Å². The fourth-order valence-corrected chi connectivity index (χ4v) is 3.86. The third-order valence-electron chi connectivity index (χ3n) is 4.37. The molecular formula is C19H20N4O5S. The van der Waals surface area contributed by atoms with Gasteiger partial charge in [0, 0.05) is 20.5 Å². The van der Waals surface area contributed by atoms with E-state index in [-0.39, 0.29) is 34.3 Å². The van der Waals surface area contributed by atoms with E-state index >= 15 is 0 Å². The highest BCUT2D eigenvalue weighted by atomic mass is 32.2. The number of carbonyl (C=O) groups excluding carboxylic acids is 1. The van der Waals surface area contributed by atoms with Gasteiger partial charge in [0.15, 0.2) is 0 Å². The maximum absolute atomic E-state index is 12.5. The number of benzene rings is 2. The fourth-order valence-electron chi connectivity index (χ4n) is 2.82. The topological polar surface area (TPSA) is 121 Å². The van der Waals surface area contributed by atoms with Gasteiger partial charge >= 0.3 is 0 Å². The number of carbonyl (C=O) groups is 1. The van der Waals surface area contributed by atoms with Crippen molar-refractivity contribution in [1.29, 1.82) is 0 Å². The summed E-state index contributed by atoms with van der Waals surface area (Å²) in [6, 6.07) is 12.5. The van der Waals surface area contributed by atoms with Crippen molar-refractivity contribution in [1.82, 2.24) is 14.1 Å². The molecule has 2 N–H and O–H groups in total. The highest BCUT2D eigenvalue weighted by Gasteiger charge is 2.21. The first-order valence-electron chi connectivity index (χ1n) is 8.75. The molecule has 9 nitrogen and oxygen atoms in total. The van der Waals surface area contributed by atoms with E-state index in [1.165, 1.54) is 26.2 Å². The van der Waals surface area contributed by atoms with Crippen molar-refractivity contribution in [3.63, 3.8) is 0 Å². The van der Waals surface area contributed by atoms with Gasteiger partial charge in [0.25, 0.3) is 11.1 Å². The smallest absolute Gasteiger partial charge is 0.273 e. The number of H-pyrrole nitrogens is 1. The van der Waals surface area contributed by atoms with Gasteiger partial charge in [-0.2, -0.15) is 0 Å². The van der Waals surface area contributed by atoms with Crippen molar-refractivity contribution in [2.24, 2.45) is 0 Å². The Morgan fingerprint density at radius 1 is 1.03 bits per heavy atom. The van der Waals surface area contributed by atoms with Crippen molar-refractivity contribution in [3.8, 4) is 0 Å². The maximum Gasteiger partial charge on any atom is 0.273 e. The molecule has 0 radical (unpaired) electrons. The van der Waals surface area contributed by atoms with Gasteiger partial charge in [-0.05, 0) is 24.3 Å². The van der Waals surface area contributed by atoms with Crippen LogP contribution in [0.25, 0.3) is 10.8 Å². The van der Waals surface area contributed by atoms with E-state index in [0.29, 0.717) is 0 Å². The number of anilines is 1. The number of aromatic amines is 1. The first-order chi connectivity index (χ1) is 13.7. The zero-order chi connectivity index (χ0) is 21.2. The molecule has 1 heterocycles. The van der Waals surface area contributed by atoms with Crippen LogP contribution < -0.4 is 16.4 Å². The van der Waals surface area contributed by atoms with Gasteiger partial charge in [-0.3, -0.25) is 19.5 Å². The number of hydrogen-bond acceptors (Lipinski definition) is 5. The van der Waals surface area contributed by atoms with Gasteiger partial charge in [0.05, 0.1) is 23.0 Å². The highest BCUT2D eigenvalue weighted by Crippen LogP contribution is 2.23. The minimum absolute atomic E-state index is 0.0328. The molecule has 0 saturated carbocycles. The van der Waals surface area contributed by atoms with Crippen LogP contribution in [0.15, 0.2) is 63.0 Å². The Labute approximate surface area is 166 Å². The van der Waals surface area contributed by atoms with Gasteiger partial charge in [-0.1, -0.05) is 24.3 Å². The van der Waals surface area contributed by atoms with Gasteiger partial charge in [-0.25, -0.2) is 17.4 Å². The second-order valence-corrected chi connectivity index (χ2v) is 8.65. The molecule has 0 fully saturated rings. The Kier molecular flexibility index (Phi) is 5.66. The number of amides is 1.